The summed E-state index contributed by atoms with van der Waals surface area (Å²) in [4.78, 5) is 20.5. The molecule has 1 aromatic rings. The number of carbonyl (C=O) groups excluding carboxylic acids is 1. The van der Waals surface area contributed by atoms with Crippen LogP contribution in [0.4, 0.5) is 0 Å². The van der Waals surface area contributed by atoms with E-state index >= 15 is 0 Å². The van der Waals surface area contributed by atoms with Gasteiger partial charge in [-0.25, -0.2) is 0 Å². The highest BCUT2D eigenvalue weighted by atomic mass is 16.2. The van der Waals surface area contributed by atoms with Gasteiger partial charge < -0.3 is 4.90 Å². The Morgan fingerprint density at radius 3 is 2.95 bits per heavy atom. The van der Waals surface area contributed by atoms with E-state index in [1.165, 1.54) is 5.56 Å². The Morgan fingerprint density at radius 1 is 1.48 bits per heavy atom. The van der Waals surface area contributed by atoms with Crippen LogP contribution in [0.5, 0.6) is 0 Å². The Bertz CT molecular complexity index is 497. The number of piperidine rings is 1. The summed E-state index contributed by atoms with van der Waals surface area (Å²) in [6.45, 7) is 2.24. The van der Waals surface area contributed by atoms with Gasteiger partial charge in [-0.05, 0) is 37.1 Å². The average molecular weight is 286 g/mol. The standard InChI is InChI=1S/C16H22N4O/c1-19(11-4-8-17)16(21)15-5-2-3-12-20(15)13-14-6-9-18-10-7-14/h6-7,9-10,15H,2-5,11-13H2,1H3. The van der Waals surface area contributed by atoms with Crippen LogP contribution in [0.3, 0.4) is 0 Å². The molecule has 0 spiro atoms. The van der Waals surface area contributed by atoms with Crippen molar-refractivity contribution in [3.05, 3.63) is 30.1 Å². The molecule has 1 atom stereocenters. The Labute approximate surface area is 126 Å². The van der Waals surface area contributed by atoms with E-state index in [1.54, 1.807) is 24.3 Å². The van der Waals surface area contributed by atoms with E-state index in [0.717, 1.165) is 32.4 Å². The summed E-state index contributed by atoms with van der Waals surface area (Å²) in [7, 11) is 1.79. The minimum Gasteiger partial charge on any atom is -0.343 e. The summed E-state index contributed by atoms with van der Waals surface area (Å²) in [6.07, 6.45) is 7.09. The van der Waals surface area contributed by atoms with Crippen molar-refractivity contribution < 1.29 is 4.79 Å². The Balaban J connectivity index is 2.01. The molecule has 0 saturated carbocycles. The molecule has 0 aromatic carbocycles. The number of nitrogens with zero attached hydrogens (tertiary/aromatic N) is 4. The third-order valence-electron chi connectivity index (χ3n) is 3.97. The van der Waals surface area contributed by atoms with Crippen molar-refractivity contribution in [2.24, 2.45) is 0 Å². The summed E-state index contributed by atoms with van der Waals surface area (Å²) < 4.78 is 0. The molecule has 1 amide bonds. The molecule has 1 unspecified atom stereocenters. The number of rotatable bonds is 5. The van der Waals surface area contributed by atoms with Crippen molar-refractivity contribution in [2.45, 2.75) is 38.3 Å². The third kappa shape index (κ3) is 4.27. The van der Waals surface area contributed by atoms with Crippen LogP contribution in [-0.4, -0.2) is 46.9 Å². The molecule has 0 N–H and O–H groups in total. The van der Waals surface area contributed by atoms with Gasteiger partial charge in [0.15, 0.2) is 0 Å². The molecular weight excluding hydrogens is 264 g/mol. The number of nitriles is 1. The van der Waals surface area contributed by atoms with E-state index in [2.05, 4.69) is 16.0 Å². The van der Waals surface area contributed by atoms with Crippen LogP contribution in [0.25, 0.3) is 0 Å². The van der Waals surface area contributed by atoms with E-state index < -0.39 is 0 Å². The first kappa shape index (κ1) is 15.5. The Kier molecular flexibility index (Phi) is 5.70. The minimum atomic E-state index is -0.0596. The SMILES string of the molecule is CN(CCC#N)C(=O)C1CCCCN1Cc1ccncc1. The summed E-state index contributed by atoms with van der Waals surface area (Å²) in [6, 6.07) is 6.02. The number of aromatic nitrogens is 1. The fourth-order valence-electron chi connectivity index (χ4n) is 2.76. The number of hydrogen-bond acceptors (Lipinski definition) is 4. The first-order chi connectivity index (χ1) is 10.2. The zero-order valence-electron chi connectivity index (χ0n) is 12.5. The molecule has 5 nitrogen and oxygen atoms in total. The van der Waals surface area contributed by atoms with Crippen molar-refractivity contribution in [1.29, 1.82) is 5.26 Å². The van der Waals surface area contributed by atoms with Crippen molar-refractivity contribution >= 4 is 5.91 Å². The largest absolute Gasteiger partial charge is 0.343 e. The summed E-state index contributed by atoms with van der Waals surface area (Å²) in [5.41, 5.74) is 1.18. The molecule has 0 bridgehead atoms. The van der Waals surface area contributed by atoms with Crippen LogP contribution < -0.4 is 0 Å². The molecule has 2 heterocycles. The second-order valence-corrected chi connectivity index (χ2v) is 5.51. The monoisotopic (exact) mass is 286 g/mol. The lowest BCUT2D eigenvalue weighted by Gasteiger charge is -2.36. The second kappa shape index (κ2) is 7.75. The number of likely N-dealkylation sites (N-methyl/N-ethyl adjacent to an activating group) is 1. The quantitative estimate of drug-likeness (QED) is 0.828. The molecule has 0 aliphatic carbocycles. The van der Waals surface area contributed by atoms with Gasteiger partial charge in [-0.3, -0.25) is 14.7 Å². The molecule has 21 heavy (non-hydrogen) atoms. The normalized spacial score (nSPS) is 19.0. The van der Waals surface area contributed by atoms with Crippen LogP contribution in [0, 0.1) is 11.3 Å². The molecule has 2 rings (SSSR count). The summed E-state index contributed by atoms with van der Waals surface area (Å²) in [5, 5.41) is 8.65. The Hall–Kier alpha value is -1.93. The fourth-order valence-corrected chi connectivity index (χ4v) is 2.76. The van der Waals surface area contributed by atoms with E-state index in [9.17, 15) is 4.79 Å². The zero-order valence-corrected chi connectivity index (χ0v) is 12.5. The highest BCUT2D eigenvalue weighted by Crippen LogP contribution is 2.21. The smallest absolute Gasteiger partial charge is 0.239 e. The summed E-state index contributed by atoms with van der Waals surface area (Å²) >= 11 is 0. The lowest BCUT2D eigenvalue weighted by atomic mass is 10.00. The first-order valence-corrected chi connectivity index (χ1v) is 7.47. The molecule has 1 saturated heterocycles. The van der Waals surface area contributed by atoms with Crippen molar-refractivity contribution in [2.75, 3.05) is 20.1 Å². The maximum Gasteiger partial charge on any atom is 0.239 e. The van der Waals surface area contributed by atoms with Crippen molar-refractivity contribution in [3.63, 3.8) is 0 Å². The maximum absolute atomic E-state index is 12.6. The van der Waals surface area contributed by atoms with Crippen LogP contribution in [0.1, 0.15) is 31.2 Å². The predicted octanol–water partition coefficient (Wildman–Crippen LogP) is 1.81. The van der Waals surface area contributed by atoms with Crippen molar-refractivity contribution in [1.82, 2.24) is 14.8 Å². The molecular formula is C16H22N4O. The van der Waals surface area contributed by atoms with E-state index in [1.807, 2.05) is 12.1 Å². The average Bonchev–Trinajstić information content (AvgIpc) is 2.53. The number of pyridine rings is 1. The van der Waals surface area contributed by atoms with E-state index in [0.29, 0.717) is 13.0 Å². The third-order valence-corrected chi connectivity index (χ3v) is 3.97. The molecule has 1 aliphatic heterocycles. The maximum atomic E-state index is 12.6. The second-order valence-electron chi connectivity index (χ2n) is 5.51. The van der Waals surface area contributed by atoms with Gasteiger partial charge >= 0.3 is 0 Å². The van der Waals surface area contributed by atoms with Gasteiger partial charge in [0.25, 0.3) is 0 Å². The first-order valence-electron chi connectivity index (χ1n) is 7.47. The van der Waals surface area contributed by atoms with Crippen LogP contribution in [0.2, 0.25) is 0 Å². The molecule has 1 fully saturated rings. The van der Waals surface area contributed by atoms with Crippen LogP contribution in [-0.2, 0) is 11.3 Å². The lowest BCUT2D eigenvalue weighted by Crippen LogP contribution is -2.49. The number of amides is 1. The van der Waals surface area contributed by atoms with Gasteiger partial charge in [0, 0.05) is 32.5 Å². The number of carbonyl (C=O) groups is 1. The van der Waals surface area contributed by atoms with Crippen LogP contribution >= 0.6 is 0 Å². The topological polar surface area (TPSA) is 60.2 Å². The van der Waals surface area contributed by atoms with Gasteiger partial charge in [0.1, 0.15) is 0 Å². The van der Waals surface area contributed by atoms with E-state index in [-0.39, 0.29) is 11.9 Å². The minimum absolute atomic E-state index is 0.0596. The van der Waals surface area contributed by atoms with Gasteiger partial charge in [-0.15, -0.1) is 0 Å². The number of likely N-dealkylation sites (tertiary alicyclic amines) is 1. The lowest BCUT2D eigenvalue weighted by molar-refractivity contribution is -0.137. The molecule has 112 valence electrons. The van der Waals surface area contributed by atoms with Crippen molar-refractivity contribution in [3.8, 4) is 6.07 Å². The highest BCUT2D eigenvalue weighted by Gasteiger charge is 2.30. The number of hydrogen-bond donors (Lipinski definition) is 0. The van der Waals surface area contributed by atoms with Gasteiger partial charge in [0.2, 0.25) is 5.91 Å². The molecule has 5 heteroatoms. The van der Waals surface area contributed by atoms with Crippen LogP contribution in [0.15, 0.2) is 24.5 Å². The fraction of sp³-hybridized carbons (Fsp3) is 0.562. The molecule has 0 radical (unpaired) electrons. The molecule has 1 aromatic heterocycles. The van der Waals surface area contributed by atoms with Gasteiger partial charge in [-0.1, -0.05) is 6.42 Å². The summed E-state index contributed by atoms with van der Waals surface area (Å²) in [5.74, 6) is 0.138. The van der Waals surface area contributed by atoms with Gasteiger partial charge in [-0.2, -0.15) is 5.26 Å². The Morgan fingerprint density at radius 2 is 2.24 bits per heavy atom. The zero-order chi connectivity index (χ0) is 15.1. The predicted molar refractivity (Wildman–Crippen MR) is 80.2 cm³/mol. The van der Waals surface area contributed by atoms with Gasteiger partial charge in [0.05, 0.1) is 18.5 Å². The molecule has 1 aliphatic rings. The van der Waals surface area contributed by atoms with E-state index in [4.69, 9.17) is 5.26 Å². The highest BCUT2D eigenvalue weighted by molar-refractivity contribution is 5.81.